The summed E-state index contributed by atoms with van der Waals surface area (Å²) in [6, 6.07) is 9.86. The summed E-state index contributed by atoms with van der Waals surface area (Å²) in [4.78, 5) is 9.77. The van der Waals surface area contributed by atoms with Gasteiger partial charge >= 0.3 is 0 Å². The Balaban J connectivity index is 2.04. The molecule has 0 fully saturated rings. The highest BCUT2D eigenvalue weighted by atomic mass is 16.7. The number of hydrogen-bond donors (Lipinski definition) is 1. The number of nitrogens with one attached hydrogen (secondary N) is 1. The predicted molar refractivity (Wildman–Crippen MR) is 73.0 cm³/mol. The highest BCUT2D eigenvalue weighted by molar-refractivity contribution is 5.84. The standard InChI is InChI=1S/C14H18N2O3/c1-17-8-9-19-15-10-12-7-6-11-4-3-5-13(18-2)14(11)16-12/h3-7,15H,8-10H2,1-2H3. The lowest BCUT2D eigenvalue weighted by Gasteiger charge is -2.08. The van der Waals surface area contributed by atoms with Crippen LogP contribution in [0.5, 0.6) is 5.75 Å². The van der Waals surface area contributed by atoms with Gasteiger partial charge in [0.1, 0.15) is 11.3 Å². The predicted octanol–water partition coefficient (Wildman–Crippen LogP) is 1.91. The molecule has 5 nitrogen and oxygen atoms in total. The van der Waals surface area contributed by atoms with E-state index in [2.05, 4.69) is 10.5 Å². The number of hydrogen-bond acceptors (Lipinski definition) is 5. The highest BCUT2D eigenvalue weighted by Gasteiger charge is 2.03. The first-order valence-corrected chi connectivity index (χ1v) is 6.11. The van der Waals surface area contributed by atoms with Crippen molar-refractivity contribution in [2.45, 2.75) is 6.54 Å². The van der Waals surface area contributed by atoms with Crippen LogP contribution >= 0.6 is 0 Å². The van der Waals surface area contributed by atoms with Crippen molar-refractivity contribution in [1.29, 1.82) is 0 Å². The van der Waals surface area contributed by atoms with Crippen molar-refractivity contribution in [1.82, 2.24) is 10.5 Å². The average molecular weight is 262 g/mol. The third-order valence-corrected chi connectivity index (χ3v) is 2.71. The van der Waals surface area contributed by atoms with Gasteiger partial charge in [0.25, 0.3) is 0 Å². The molecule has 2 rings (SSSR count). The molecule has 0 unspecified atom stereocenters. The van der Waals surface area contributed by atoms with Crippen LogP contribution in [0.1, 0.15) is 5.69 Å². The fraction of sp³-hybridized carbons (Fsp3) is 0.357. The molecule has 0 bridgehead atoms. The van der Waals surface area contributed by atoms with Crippen LogP contribution in [0.3, 0.4) is 0 Å². The minimum atomic E-state index is 0.507. The molecule has 0 saturated heterocycles. The first-order chi connectivity index (χ1) is 9.35. The van der Waals surface area contributed by atoms with E-state index in [0.717, 1.165) is 22.3 Å². The van der Waals surface area contributed by atoms with E-state index >= 15 is 0 Å². The van der Waals surface area contributed by atoms with Gasteiger partial charge in [-0.2, -0.15) is 5.48 Å². The molecule has 0 aliphatic heterocycles. The van der Waals surface area contributed by atoms with Crippen LogP contribution in [0.25, 0.3) is 10.9 Å². The normalized spacial score (nSPS) is 10.8. The van der Waals surface area contributed by atoms with E-state index in [1.54, 1.807) is 14.2 Å². The van der Waals surface area contributed by atoms with Gasteiger partial charge in [-0.05, 0) is 12.1 Å². The summed E-state index contributed by atoms with van der Waals surface area (Å²) in [6.07, 6.45) is 0. The number of aromatic nitrogens is 1. The van der Waals surface area contributed by atoms with Gasteiger partial charge in [-0.1, -0.05) is 18.2 Å². The monoisotopic (exact) mass is 262 g/mol. The molecule has 0 saturated carbocycles. The molecule has 19 heavy (non-hydrogen) atoms. The molecule has 0 spiro atoms. The fourth-order valence-electron chi connectivity index (χ4n) is 1.75. The van der Waals surface area contributed by atoms with Crippen molar-refractivity contribution >= 4 is 10.9 Å². The number of fused-ring (bicyclic) bond motifs is 1. The van der Waals surface area contributed by atoms with E-state index in [-0.39, 0.29) is 0 Å². The lowest BCUT2D eigenvalue weighted by atomic mass is 10.2. The lowest BCUT2D eigenvalue weighted by Crippen LogP contribution is -2.17. The summed E-state index contributed by atoms with van der Waals surface area (Å²) in [5, 5.41) is 1.06. The van der Waals surface area contributed by atoms with Gasteiger partial charge in [-0.15, -0.1) is 0 Å². The summed E-state index contributed by atoms with van der Waals surface area (Å²) in [7, 11) is 3.29. The first kappa shape index (κ1) is 13.7. The summed E-state index contributed by atoms with van der Waals surface area (Å²) >= 11 is 0. The maximum atomic E-state index is 5.31. The zero-order valence-corrected chi connectivity index (χ0v) is 11.2. The summed E-state index contributed by atoms with van der Waals surface area (Å²) < 4.78 is 10.2. The molecular formula is C14H18N2O3. The number of hydroxylamine groups is 1. The number of benzene rings is 1. The molecule has 0 aliphatic carbocycles. The van der Waals surface area contributed by atoms with Crippen LogP contribution in [0.15, 0.2) is 30.3 Å². The van der Waals surface area contributed by atoms with E-state index in [0.29, 0.717) is 19.8 Å². The number of nitrogens with zero attached hydrogens (tertiary/aromatic N) is 1. The van der Waals surface area contributed by atoms with Crippen LogP contribution in [-0.4, -0.2) is 32.4 Å². The molecule has 102 valence electrons. The molecule has 0 aliphatic rings. The maximum absolute atomic E-state index is 5.31. The lowest BCUT2D eigenvalue weighted by molar-refractivity contribution is 0.00302. The minimum Gasteiger partial charge on any atom is -0.494 e. The van der Waals surface area contributed by atoms with E-state index in [1.165, 1.54) is 0 Å². The van der Waals surface area contributed by atoms with Crippen molar-refractivity contribution in [3.63, 3.8) is 0 Å². The van der Waals surface area contributed by atoms with Gasteiger partial charge in [-0.3, -0.25) is 4.84 Å². The second kappa shape index (κ2) is 7.04. The van der Waals surface area contributed by atoms with Crippen LogP contribution in [-0.2, 0) is 16.1 Å². The molecule has 0 atom stereocenters. The number of rotatable bonds is 7. The highest BCUT2D eigenvalue weighted by Crippen LogP contribution is 2.23. The second-order valence-corrected chi connectivity index (χ2v) is 4.00. The zero-order chi connectivity index (χ0) is 13.5. The Morgan fingerprint density at radius 3 is 2.79 bits per heavy atom. The minimum absolute atomic E-state index is 0.507. The largest absolute Gasteiger partial charge is 0.494 e. The van der Waals surface area contributed by atoms with E-state index < -0.39 is 0 Å². The smallest absolute Gasteiger partial charge is 0.145 e. The second-order valence-electron chi connectivity index (χ2n) is 4.00. The van der Waals surface area contributed by atoms with Crippen molar-refractivity contribution in [2.24, 2.45) is 0 Å². The zero-order valence-electron chi connectivity index (χ0n) is 11.2. The van der Waals surface area contributed by atoms with E-state index in [1.807, 2.05) is 30.3 Å². The number of para-hydroxylation sites is 1. The van der Waals surface area contributed by atoms with Crippen molar-refractivity contribution in [2.75, 3.05) is 27.4 Å². The molecule has 1 aromatic carbocycles. The molecule has 5 heteroatoms. The topological polar surface area (TPSA) is 52.6 Å². The first-order valence-electron chi connectivity index (χ1n) is 6.11. The molecule has 0 radical (unpaired) electrons. The summed E-state index contributed by atoms with van der Waals surface area (Å²) in [6.45, 7) is 1.61. The van der Waals surface area contributed by atoms with Gasteiger partial charge in [0.15, 0.2) is 0 Å². The molecule has 2 aromatic rings. The molecule has 1 N–H and O–H groups in total. The van der Waals surface area contributed by atoms with Crippen LogP contribution in [0.2, 0.25) is 0 Å². The van der Waals surface area contributed by atoms with Crippen LogP contribution < -0.4 is 10.2 Å². The molecule has 1 heterocycles. The Kier molecular flexibility index (Phi) is 5.09. The average Bonchev–Trinajstić information content (AvgIpc) is 2.46. The Hall–Kier alpha value is -1.69. The number of pyridine rings is 1. The van der Waals surface area contributed by atoms with Gasteiger partial charge in [0.2, 0.25) is 0 Å². The third kappa shape index (κ3) is 3.64. The number of methoxy groups -OCH3 is 2. The SMILES string of the molecule is COCCONCc1ccc2cccc(OC)c2n1. The van der Waals surface area contributed by atoms with Crippen molar-refractivity contribution in [3.8, 4) is 5.75 Å². The van der Waals surface area contributed by atoms with Gasteiger partial charge < -0.3 is 9.47 Å². The quantitative estimate of drug-likeness (QED) is 0.610. The summed E-state index contributed by atoms with van der Waals surface area (Å²) in [5.74, 6) is 0.777. The van der Waals surface area contributed by atoms with Crippen LogP contribution in [0, 0.1) is 0 Å². The Bertz CT molecular complexity index is 531. The van der Waals surface area contributed by atoms with E-state index in [4.69, 9.17) is 14.3 Å². The third-order valence-electron chi connectivity index (χ3n) is 2.71. The fourth-order valence-corrected chi connectivity index (χ4v) is 1.75. The molecule has 1 aromatic heterocycles. The Labute approximate surface area is 112 Å². The van der Waals surface area contributed by atoms with Gasteiger partial charge in [0.05, 0.1) is 32.6 Å². The number of ether oxygens (including phenoxy) is 2. The van der Waals surface area contributed by atoms with Crippen molar-refractivity contribution in [3.05, 3.63) is 36.0 Å². The Morgan fingerprint density at radius 2 is 2.00 bits per heavy atom. The maximum Gasteiger partial charge on any atom is 0.145 e. The molecular weight excluding hydrogens is 244 g/mol. The molecule has 0 amide bonds. The van der Waals surface area contributed by atoms with Crippen LogP contribution in [0.4, 0.5) is 0 Å². The van der Waals surface area contributed by atoms with Gasteiger partial charge in [-0.25, -0.2) is 4.98 Å². The Morgan fingerprint density at radius 1 is 1.11 bits per heavy atom. The van der Waals surface area contributed by atoms with E-state index in [9.17, 15) is 0 Å². The summed E-state index contributed by atoms with van der Waals surface area (Å²) in [5.41, 5.74) is 4.62. The van der Waals surface area contributed by atoms with Crippen molar-refractivity contribution < 1.29 is 14.3 Å². The van der Waals surface area contributed by atoms with Gasteiger partial charge in [0, 0.05) is 12.5 Å².